The molecule has 0 amide bonds. The Kier molecular flexibility index (Phi) is 4.12. The number of aromatic nitrogens is 2. The third-order valence-electron chi connectivity index (χ3n) is 5.21. The molecule has 3 aromatic rings. The molecule has 0 bridgehead atoms. The van der Waals surface area contributed by atoms with E-state index in [9.17, 15) is 4.79 Å². The predicted molar refractivity (Wildman–Crippen MR) is 106 cm³/mol. The number of fused-ring (bicyclic) bond motifs is 1. The number of ether oxygens (including phenoxy) is 1. The second-order valence-corrected chi connectivity index (χ2v) is 7.86. The lowest BCUT2D eigenvalue weighted by Crippen LogP contribution is -2.26. The number of benzene rings is 1. The minimum Gasteiger partial charge on any atom is -0.497 e. The number of anilines is 2. The van der Waals surface area contributed by atoms with Crippen molar-refractivity contribution in [1.29, 1.82) is 0 Å². The molecule has 1 aliphatic carbocycles. The summed E-state index contributed by atoms with van der Waals surface area (Å²) < 4.78 is 10.3. The van der Waals surface area contributed by atoms with E-state index >= 15 is 0 Å². The van der Waals surface area contributed by atoms with E-state index in [0.717, 1.165) is 29.0 Å². The quantitative estimate of drug-likeness (QED) is 0.691. The van der Waals surface area contributed by atoms with Crippen LogP contribution in [0.25, 0.3) is 0 Å². The molecule has 8 heteroatoms. The first-order chi connectivity index (χ1) is 13.7. The Morgan fingerprint density at radius 2 is 2.07 bits per heavy atom. The summed E-state index contributed by atoms with van der Waals surface area (Å²) in [6.07, 6.45) is 1.22. The molecule has 1 aliphatic heterocycles. The number of nitrogens with one attached hydrogen (secondary N) is 2. The van der Waals surface area contributed by atoms with Gasteiger partial charge in [-0.25, -0.2) is 4.63 Å². The van der Waals surface area contributed by atoms with E-state index in [1.165, 1.54) is 4.88 Å². The lowest BCUT2D eigenvalue weighted by molar-refractivity contribution is -0.116. The standard InChI is InChI=1S/C20H18N4O3S/c1-26-13-5-2-4-11(8-13)18-17-14(21-19-20(22-18)24-27-23-19)9-12(10-15(17)25)16-6-3-7-28-16/h2-8,12,18H,9-10H2,1H3,(H,21,23)(H,22,24)/t12-,18-/m1/s1. The van der Waals surface area contributed by atoms with E-state index in [4.69, 9.17) is 9.37 Å². The SMILES string of the molecule is COc1cccc([C@H]2Nc3nonc3NC3=C2C(=O)C[C@H](c2cccs2)C3)c1. The maximum Gasteiger partial charge on any atom is 0.219 e. The zero-order valence-electron chi connectivity index (χ0n) is 15.1. The van der Waals surface area contributed by atoms with E-state index < -0.39 is 0 Å². The van der Waals surface area contributed by atoms with Gasteiger partial charge in [-0.15, -0.1) is 11.3 Å². The highest BCUT2D eigenvalue weighted by molar-refractivity contribution is 7.10. The van der Waals surface area contributed by atoms with Gasteiger partial charge in [0.2, 0.25) is 11.6 Å². The molecule has 1 aromatic carbocycles. The van der Waals surface area contributed by atoms with Crippen LogP contribution in [0.15, 0.2) is 57.7 Å². The molecular formula is C20H18N4O3S. The van der Waals surface area contributed by atoms with E-state index in [1.807, 2.05) is 35.7 Å². The first-order valence-corrected chi connectivity index (χ1v) is 9.90. The number of allylic oxidation sites excluding steroid dienone is 1. The minimum absolute atomic E-state index is 0.120. The normalized spacial score (nSPS) is 21.2. The number of hydrogen-bond acceptors (Lipinski definition) is 8. The number of carbonyl (C=O) groups is 1. The van der Waals surface area contributed by atoms with Crippen LogP contribution in [-0.4, -0.2) is 23.2 Å². The molecule has 28 heavy (non-hydrogen) atoms. The van der Waals surface area contributed by atoms with Crippen LogP contribution in [0.4, 0.5) is 11.6 Å². The van der Waals surface area contributed by atoms with E-state index in [0.29, 0.717) is 18.1 Å². The van der Waals surface area contributed by atoms with Crippen molar-refractivity contribution in [2.45, 2.75) is 24.8 Å². The van der Waals surface area contributed by atoms with Crippen molar-refractivity contribution in [1.82, 2.24) is 10.3 Å². The van der Waals surface area contributed by atoms with Gasteiger partial charge in [-0.3, -0.25) is 4.79 Å². The summed E-state index contributed by atoms with van der Waals surface area (Å²) in [4.78, 5) is 14.5. The summed E-state index contributed by atoms with van der Waals surface area (Å²) in [5.74, 6) is 2.00. The molecule has 2 atom stereocenters. The van der Waals surface area contributed by atoms with Crippen LogP contribution in [0, 0.1) is 0 Å². The van der Waals surface area contributed by atoms with Gasteiger partial charge in [0.25, 0.3) is 0 Å². The van der Waals surface area contributed by atoms with Gasteiger partial charge in [0.15, 0.2) is 5.78 Å². The highest BCUT2D eigenvalue weighted by Crippen LogP contribution is 2.44. The molecule has 0 saturated carbocycles. The van der Waals surface area contributed by atoms with Crippen LogP contribution < -0.4 is 15.4 Å². The number of methoxy groups -OCH3 is 1. The molecule has 142 valence electrons. The molecule has 0 spiro atoms. The molecule has 0 radical (unpaired) electrons. The average molecular weight is 394 g/mol. The Bertz CT molecular complexity index is 1060. The molecule has 3 heterocycles. The van der Waals surface area contributed by atoms with Crippen molar-refractivity contribution in [3.8, 4) is 5.75 Å². The summed E-state index contributed by atoms with van der Waals surface area (Å²) >= 11 is 1.68. The average Bonchev–Trinajstić information content (AvgIpc) is 3.37. The van der Waals surface area contributed by atoms with Gasteiger partial charge in [0, 0.05) is 28.5 Å². The van der Waals surface area contributed by atoms with Crippen LogP contribution in [0.3, 0.4) is 0 Å². The second-order valence-electron chi connectivity index (χ2n) is 6.88. The summed E-state index contributed by atoms with van der Waals surface area (Å²) in [5, 5.41) is 16.6. The van der Waals surface area contributed by atoms with Crippen LogP contribution in [-0.2, 0) is 4.79 Å². The largest absolute Gasteiger partial charge is 0.497 e. The molecule has 0 fully saturated rings. The maximum atomic E-state index is 13.3. The fourth-order valence-corrected chi connectivity index (χ4v) is 4.73. The lowest BCUT2D eigenvalue weighted by atomic mass is 9.81. The van der Waals surface area contributed by atoms with E-state index in [-0.39, 0.29) is 17.7 Å². The van der Waals surface area contributed by atoms with Crippen molar-refractivity contribution < 1.29 is 14.2 Å². The van der Waals surface area contributed by atoms with Crippen LogP contribution in [0.2, 0.25) is 0 Å². The predicted octanol–water partition coefficient (Wildman–Crippen LogP) is 4.12. The molecule has 5 rings (SSSR count). The van der Waals surface area contributed by atoms with Gasteiger partial charge >= 0.3 is 0 Å². The van der Waals surface area contributed by atoms with Crippen molar-refractivity contribution in [3.63, 3.8) is 0 Å². The van der Waals surface area contributed by atoms with Gasteiger partial charge in [-0.05, 0) is 45.9 Å². The summed E-state index contributed by atoms with van der Waals surface area (Å²) in [7, 11) is 1.63. The monoisotopic (exact) mass is 394 g/mol. The number of nitrogens with zero attached hydrogens (tertiary/aromatic N) is 2. The van der Waals surface area contributed by atoms with Crippen molar-refractivity contribution in [2.75, 3.05) is 17.7 Å². The highest BCUT2D eigenvalue weighted by Gasteiger charge is 2.37. The molecule has 2 aliphatic rings. The summed E-state index contributed by atoms with van der Waals surface area (Å²) in [6.45, 7) is 0. The topological polar surface area (TPSA) is 89.3 Å². The smallest absolute Gasteiger partial charge is 0.219 e. The van der Waals surface area contributed by atoms with Crippen molar-refractivity contribution >= 4 is 28.8 Å². The van der Waals surface area contributed by atoms with Crippen LogP contribution >= 0.6 is 11.3 Å². The first kappa shape index (κ1) is 17.0. The van der Waals surface area contributed by atoms with Gasteiger partial charge in [-0.1, -0.05) is 18.2 Å². The number of thiophene rings is 1. The zero-order chi connectivity index (χ0) is 19.1. The highest BCUT2D eigenvalue weighted by atomic mass is 32.1. The van der Waals surface area contributed by atoms with Crippen molar-refractivity contribution in [3.05, 3.63) is 63.5 Å². The third-order valence-corrected chi connectivity index (χ3v) is 6.24. The lowest BCUT2D eigenvalue weighted by Gasteiger charge is -2.29. The number of rotatable bonds is 3. The van der Waals surface area contributed by atoms with Gasteiger partial charge in [0.1, 0.15) is 5.75 Å². The Morgan fingerprint density at radius 1 is 1.18 bits per heavy atom. The summed E-state index contributed by atoms with van der Waals surface area (Å²) in [5.41, 5.74) is 2.51. The van der Waals surface area contributed by atoms with E-state index in [2.05, 4.69) is 27.0 Å². The molecule has 0 unspecified atom stereocenters. The summed E-state index contributed by atoms with van der Waals surface area (Å²) in [6, 6.07) is 11.5. The Morgan fingerprint density at radius 3 is 2.89 bits per heavy atom. The molecule has 7 nitrogen and oxygen atoms in total. The molecule has 2 aromatic heterocycles. The minimum atomic E-state index is -0.359. The second kappa shape index (κ2) is 6.79. The Hall–Kier alpha value is -3.13. The van der Waals surface area contributed by atoms with Gasteiger partial charge < -0.3 is 15.4 Å². The van der Waals surface area contributed by atoms with Crippen LogP contribution in [0.5, 0.6) is 5.75 Å². The van der Waals surface area contributed by atoms with Gasteiger partial charge in [0.05, 0.1) is 13.2 Å². The third kappa shape index (κ3) is 2.86. The maximum absolute atomic E-state index is 13.3. The first-order valence-electron chi connectivity index (χ1n) is 9.02. The van der Waals surface area contributed by atoms with E-state index in [1.54, 1.807) is 18.4 Å². The number of ketones is 1. The zero-order valence-corrected chi connectivity index (χ0v) is 16.0. The van der Waals surface area contributed by atoms with Gasteiger partial charge in [-0.2, -0.15) is 0 Å². The molecule has 0 saturated heterocycles. The Labute approximate surface area is 165 Å². The molecular weight excluding hydrogens is 376 g/mol. The number of carbonyl (C=O) groups excluding carboxylic acids is 1. The van der Waals surface area contributed by atoms with Crippen LogP contribution in [0.1, 0.15) is 35.2 Å². The number of hydrogen-bond donors (Lipinski definition) is 2. The number of Topliss-reactive ketones (excluding diaryl/α,β-unsaturated/α-hetero) is 1. The fraction of sp³-hybridized carbons (Fsp3) is 0.250. The fourth-order valence-electron chi connectivity index (χ4n) is 3.90. The Balaban J connectivity index is 1.61. The van der Waals surface area contributed by atoms with Crippen molar-refractivity contribution in [2.24, 2.45) is 0 Å². The molecule has 2 N–H and O–H groups in total.